The molecule has 0 saturated heterocycles. The summed E-state index contributed by atoms with van der Waals surface area (Å²) < 4.78 is 0. The number of Topliss-reactive ketones (excluding diaryl/α,β-unsaturated/α-hetero) is 1. The molecule has 1 atom stereocenters. The smallest absolute Gasteiger partial charge is 0.142 e. The molecule has 1 aromatic rings. The predicted molar refractivity (Wildman–Crippen MR) is 76.0 cm³/mol. The molecule has 0 heterocycles. The number of ketones is 1. The first-order valence-electron chi connectivity index (χ1n) is 7.03. The van der Waals surface area contributed by atoms with E-state index in [9.17, 15) is 4.79 Å². The summed E-state index contributed by atoms with van der Waals surface area (Å²) >= 11 is 0. The Morgan fingerprint density at radius 3 is 2.72 bits per heavy atom. The first-order chi connectivity index (χ1) is 8.38. The van der Waals surface area contributed by atoms with E-state index in [1.807, 2.05) is 20.8 Å². The molecule has 0 amide bonds. The van der Waals surface area contributed by atoms with Crippen LogP contribution in [0.3, 0.4) is 0 Å². The van der Waals surface area contributed by atoms with E-state index in [2.05, 4.69) is 25.1 Å². The highest BCUT2D eigenvalue weighted by Gasteiger charge is 2.22. The molecule has 0 saturated carbocycles. The largest absolute Gasteiger partial charge is 0.299 e. The van der Waals surface area contributed by atoms with Gasteiger partial charge in [0.25, 0.3) is 0 Å². The number of benzene rings is 1. The molecule has 2 rings (SSSR count). The van der Waals surface area contributed by atoms with Gasteiger partial charge in [0.05, 0.1) is 0 Å². The van der Waals surface area contributed by atoms with Crippen molar-refractivity contribution >= 4 is 5.78 Å². The van der Waals surface area contributed by atoms with Crippen LogP contribution in [0.2, 0.25) is 0 Å². The molecule has 0 aromatic heterocycles. The summed E-state index contributed by atoms with van der Waals surface area (Å²) in [7, 11) is 0. The van der Waals surface area contributed by atoms with Crippen molar-refractivity contribution in [3.05, 3.63) is 34.9 Å². The lowest BCUT2D eigenvalue weighted by Gasteiger charge is -2.23. The molecule has 1 nitrogen and oxygen atoms in total. The van der Waals surface area contributed by atoms with Gasteiger partial charge in [0, 0.05) is 11.8 Å². The highest BCUT2D eigenvalue weighted by molar-refractivity contribution is 5.85. The summed E-state index contributed by atoms with van der Waals surface area (Å²) in [6, 6.07) is 6.64. The SMILES string of the molecule is CC1CCCc2ccc(CC(=O)C(C)(C)C)cc21. The van der Waals surface area contributed by atoms with Crippen LogP contribution in [0.25, 0.3) is 0 Å². The Balaban J connectivity index is 2.21. The average molecular weight is 244 g/mol. The van der Waals surface area contributed by atoms with Crippen molar-refractivity contribution in [2.24, 2.45) is 5.41 Å². The molecule has 18 heavy (non-hydrogen) atoms. The average Bonchev–Trinajstić information content (AvgIpc) is 2.29. The van der Waals surface area contributed by atoms with Gasteiger partial charge in [-0.1, -0.05) is 45.9 Å². The standard InChI is InChI=1S/C17H24O/c1-12-6-5-7-14-9-8-13(10-15(12)14)11-16(18)17(2,3)4/h8-10,12H,5-7,11H2,1-4H3. The third-order valence-electron chi connectivity index (χ3n) is 4.03. The lowest BCUT2D eigenvalue weighted by Crippen LogP contribution is -2.22. The number of hydrogen-bond acceptors (Lipinski definition) is 1. The minimum Gasteiger partial charge on any atom is -0.299 e. The zero-order chi connectivity index (χ0) is 13.3. The van der Waals surface area contributed by atoms with Crippen LogP contribution in [0.15, 0.2) is 18.2 Å². The molecule has 0 fully saturated rings. The van der Waals surface area contributed by atoms with E-state index in [4.69, 9.17) is 0 Å². The van der Waals surface area contributed by atoms with E-state index in [-0.39, 0.29) is 5.41 Å². The summed E-state index contributed by atoms with van der Waals surface area (Å²) in [4.78, 5) is 12.1. The zero-order valence-electron chi connectivity index (χ0n) is 12.0. The van der Waals surface area contributed by atoms with Crippen LogP contribution in [0, 0.1) is 5.41 Å². The maximum Gasteiger partial charge on any atom is 0.142 e. The van der Waals surface area contributed by atoms with Gasteiger partial charge in [-0.3, -0.25) is 4.79 Å². The quantitative estimate of drug-likeness (QED) is 0.758. The maximum atomic E-state index is 12.1. The van der Waals surface area contributed by atoms with Gasteiger partial charge in [0.2, 0.25) is 0 Å². The van der Waals surface area contributed by atoms with Gasteiger partial charge in [-0.25, -0.2) is 0 Å². The van der Waals surface area contributed by atoms with Crippen molar-refractivity contribution in [2.45, 2.75) is 59.3 Å². The molecule has 1 heteroatoms. The van der Waals surface area contributed by atoms with Crippen LogP contribution in [0.4, 0.5) is 0 Å². The molecule has 0 aliphatic heterocycles. The monoisotopic (exact) mass is 244 g/mol. The summed E-state index contributed by atoms with van der Waals surface area (Å²) in [5.41, 5.74) is 3.91. The second kappa shape index (κ2) is 4.87. The Morgan fingerprint density at radius 2 is 2.06 bits per heavy atom. The maximum absolute atomic E-state index is 12.1. The van der Waals surface area contributed by atoms with Crippen LogP contribution in [-0.2, 0) is 17.6 Å². The van der Waals surface area contributed by atoms with Crippen LogP contribution in [-0.4, -0.2) is 5.78 Å². The lowest BCUT2D eigenvalue weighted by molar-refractivity contribution is -0.125. The van der Waals surface area contributed by atoms with Gasteiger partial charge in [-0.05, 0) is 41.9 Å². The fourth-order valence-corrected chi connectivity index (χ4v) is 2.65. The number of rotatable bonds is 2. The fraction of sp³-hybridized carbons (Fsp3) is 0.588. The first kappa shape index (κ1) is 13.3. The Labute approximate surface area is 111 Å². The zero-order valence-corrected chi connectivity index (χ0v) is 12.0. The van der Waals surface area contributed by atoms with Crippen molar-refractivity contribution in [1.82, 2.24) is 0 Å². The fourth-order valence-electron chi connectivity index (χ4n) is 2.65. The first-order valence-corrected chi connectivity index (χ1v) is 7.03. The van der Waals surface area contributed by atoms with Gasteiger partial charge in [-0.2, -0.15) is 0 Å². The summed E-state index contributed by atoms with van der Waals surface area (Å²) in [5, 5.41) is 0. The Kier molecular flexibility index (Phi) is 3.61. The normalized spacial score (nSPS) is 19.4. The Hall–Kier alpha value is -1.11. The second-order valence-corrected chi connectivity index (χ2v) is 6.68. The molecule has 0 radical (unpaired) electrons. The number of hydrogen-bond donors (Lipinski definition) is 0. The molecular formula is C17H24O. The van der Waals surface area contributed by atoms with Gasteiger partial charge in [0.1, 0.15) is 5.78 Å². The number of carbonyl (C=O) groups excluding carboxylic acids is 1. The number of fused-ring (bicyclic) bond motifs is 1. The van der Waals surface area contributed by atoms with Gasteiger partial charge in [-0.15, -0.1) is 0 Å². The molecule has 0 bridgehead atoms. The van der Waals surface area contributed by atoms with Gasteiger partial charge >= 0.3 is 0 Å². The topological polar surface area (TPSA) is 17.1 Å². The van der Waals surface area contributed by atoms with Crippen molar-refractivity contribution in [3.63, 3.8) is 0 Å². The number of aryl methyl sites for hydroxylation is 1. The van der Waals surface area contributed by atoms with Crippen LogP contribution in [0.1, 0.15) is 63.1 Å². The predicted octanol–water partition coefficient (Wildman–Crippen LogP) is 4.28. The summed E-state index contributed by atoms with van der Waals surface area (Å²) in [6.45, 7) is 8.29. The van der Waals surface area contributed by atoms with Crippen LogP contribution >= 0.6 is 0 Å². The molecule has 0 N–H and O–H groups in total. The summed E-state index contributed by atoms with van der Waals surface area (Å²) in [6.07, 6.45) is 4.36. The second-order valence-electron chi connectivity index (χ2n) is 6.68. The van der Waals surface area contributed by atoms with Crippen molar-refractivity contribution in [2.75, 3.05) is 0 Å². The van der Waals surface area contributed by atoms with Crippen LogP contribution in [0.5, 0.6) is 0 Å². The molecular weight excluding hydrogens is 220 g/mol. The molecule has 1 aliphatic carbocycles. The third kappa shape index (κ3) is 2.82. The molecule has 0 spiro atoms. The Bertz CT molecular complexity index is 451. The minimum atomic E-state index is -0.235. The van der Waals surface area contributed by atoms with Gasteiger partial charge in [0.15, 0.2) is 0 Å². The molecule has 1 aromatic carbocycles. The van der Waals surface area contributed by atoms with E-state index >= 15 is 0 Å². The highest BCUT2D eigenvalue weighted by atomic mass is 16.1. The van der Waals surface area contributed by atoms with Gasteiger partial charge < -0.3 is 0 Å². The van der Waals surface area contributed by atoms with Crippen molar-refractivity contribution in [1.29, 1.82) is 0 Å². The summed E-state index contributed by atoms with van der Waals surface area (Å²) in [5.74, 6) is 0.976. The van der Waals surface area contributed by atoms with E-state index in [0.29, 0.717) is 18.1 Å². The van der Waals surface area contributed by atoms with E-state index in [0.717, 1.165) is 0 Å². The highest BCUT2D eigenvalue weighted by Crippen LogP contribution is 2.32. The van der Waals surface area contributed by atoms with E-state index in [1.54, 1.807) is 0 Å². The van der Waals surface area contributed by atoms with E-state index in [1.165, 1.54) is 36.0 Å². The Morgan fingerprint density at radius 1 is 1.33 bits per heavy atom. The van der Waals surface area contributed by atoms with Crippen molar-refractivity contribution < 1.29 is 4.79 Å². The third-order valence-corrected chi connectivity index (χ3v) is 4.03. The minimum absolute atomic E-state index is 0.235. The van der Waals surface area contributed by atoms with Crippen molar-refractivity contribution in [3.8, 4) is 0 Å². The van der Waals surface area contributed by atoms with E-state index < -0.39 is 0 Å². The molecule has 98 valence electrons. The molecule has 1 aliphatic rings. The lowest BCUT2D eigenvalue weighted by atomic mass is 9.81. The molecule has 1 unspecified atom stereocenters. The van der Waals surface area contributed by atoms with Crippen LogP contribution < -0.4 is 0 Å². The number of carbonyl (C=O) groups is 1.